The van der Waals surface area contributed by atoms with Crippen LogP contribution in [0.2, 0.25) is 18.1 Å². The minimum atomic E-state index is -2.24. The van der Waals surface area contributed by atoms with E-state index in [9.17, 15) is 9.59 Å². The number of nitrogens with two attached hydrogens (primary N) is 1. The lowest BCUT2D eigenvalue weighted by Gasteiger charge is -2.40. The number of hydrogen-bond acceptors (Lipinski definition) is 5. The third kappa shape index (κ3) is 8.83. The second-order valence-electron chi connectivity index (χ2n) is 9.58. The molecule has 0 rings (SSSR count). The van der Waals surface area contributed by atoms with Gasteiger partial charge in [0.2, 0.25) is 0 Å². The molecule has 3 N–H and O–H groups in total. The van der Waals surface area contributed by atoms with Crippen LogP contribution in [-0.2, 0) is 14.0 Å². The van der Waals surface area contributed by atoms with Crippen LogP contribution in [0.4, 0.5) is 4.79 Å². The normalized spacial score (nSPS) is 15.7. The van der Waals surface area contributed by atoms with Gasteiger partial charge in [-0.2, -0.15) is 0 Å². The number of nitrogens with one attached hydrogen (secondary N) is 1. The van der Waals surface area contributed by atoms with Crippen LogP contribution in [-0.4, -0.2) is 38.1 Å². The summed E-state index contributed by atoms with van der Waals surface area (Å²) in [5.74, 6) is -0.220. The number of rotatable bonds is 6. The van der Waals surface area contributed by atoms with Gasteiger partial charge in [-0.1, -0.05) is 34.6 Å². The van der Waals surface area contributed by atoms with Crippen molar-refractivity contribution in [1.29, 1.82) is 0 Å². The minimum Gasteiger partial charge on any atom is -0.444 e. The Hall–Kier alpha value is -0.923. The van der Waals surface area contributed by atoms with E-state index in [1.165, 1.54) is 0 Å². The predicted molar refractivity (Wildman–Crippen MR) is 104 cm³/mol. The number of ether oxygens (including phenoxy) is 1. The van der Waals surface area contributed by atoms with Crippen molar-refractivity contribution in [2.45, 2.75) is 97.7 Å². The van der Waals surface area contributed by atoms with Crippen LogP contribution in [0.15, 0.2) is 0 Å². The summed E-state index contributed by atoms with van der Waals surface area (Å²) in [6.07, 6.45) is -1.03. The second-order valence-corrected chi connectivity index (χ2v) is 14.3. The molecule has 2 unspecified atom stereocenters. The third-order valence-corrected chi connectivity index (χ3v) is 8.70. The molecule has 148 valence electrons. The zero-order valence-electron chi connectivity index (χ0n) is 17.6. The Morgan fingerprint density at radius 1 is 1.08 bits per heavy atom. The molecule has 0 saturated carbocycles. The molecule has 0 aromatic heterocycles. The first-order valence-corrected chi connectivity index (χ1v) is 11.8. The van der Waals surface area contributed by atoms with Gasteiger partial charge in [0.25, 0.3) is 5.91 Å². The average Bonchev–Trinajstić information content (AvgIpc) is 2.30. The highest BCUT2D eigenvalue weighted by Gasteiger charge is 2.42. The Bertz CT molecular complexity index is 465. The molecule has 0 heterocycles. The summed E-state index contributed by atoms with van der Waals surface area (Å²) in [7, 11) is -2.24. The van der Waals surface area contributed by atoms with Crippen LogP contribution in [0, 0.1) is 5.92 Å². The zero-order valence-corrected chi connectivity index (χ0v) is 18.6. The monoisotopic (exact) mass is 374 g/mol. The molecule has 2 amide bonds. The van der Waals surface area contributed by atoms with E-state index < -0.39 is 38.1 Å². The highest BCUT2D eigenvalue weighted by Crippen LogP contribution is 2.37. The van der Waals surface area contributed by atoms with Gasteiger partial charge in [0.15, 0.2) is 8.32 Å². The Morgan fingerprint density at radius 3 is 1.92 bits per heavy atom. The molecular formula is C18H38N2O4Si. The molecule has 0 aliphatic heterocycles. The molecule has 2 atom stereocenters. The molecule has 7 heteroatoms. The summed E-state index contributed by atoms with van der Waals surface area (Å²) < 4.78 is 11.4. The first kappa shape index (κ1) is 24.1. The van der Waals surface area contributed by atoms with Gasteiger partial charge < -0.3 is 14.9 Å². The molecule has 0 fully saturated rings. The number of amides is 2. The summed E-state index contributed by atoms with van der Waals surface area (Å²) >= 11 is 0. The topological polar surface area (TPSA) is 90.6 Å². The van der Waals surface area contributed by atoms with Gasteiger partial charge in [0, 0.05) is 6.04 Å². The van der Waals surface area contributed by atoms with Crippen molar-refractivity contribution >= 4 is 20.3 Å². The zero-order chi connectivity index (χ0) is 20.2. The van der Waals surface area contributed by atoms with Crippen LogP contribution in [0.3, 0.4) is 0 Å². The second kappa shape index (κ2) is 8.64. The average molecular weight is 375 g/mol. The molecule has 0 radical (unpaired) electrons. The van der Waals surface area contributed by atoms with E-state index in [4.69, 9.17) is 14.9 Å². The van der Waals surface area contributed by atoms with Crippen molar-refractivity contribution in [3.05, 3.63) is 0 Å². The molecular weight excluding hydrogens is 336 g/mol. The van der Waals surface area contributed by atoms with Crippen molar-refractivity contribution < 1.29 is 18.8 Å². The standard InChI is InChI=1S/C18H38N2O4Si/c1-12(2)11-13(19)14(24-25(9,10)18(6,7)8)15(21)20-16(22)23-17(3,4)5/h12-14H,11,19H2,1-10H3,(H,20,21,22). The predicted octanol–water partition coefficient (Wildman–Crippen LogP) is 3.80. The van der Waals surface area contributed by atoms with Crippen LogP contribution in [0.5, 0.6) is 0 Å². The lowest BCUT2D eigenvalue weighted by Crippen LogP contribution is -2.56. The van der Waals surface area contributed by atoms with Gasteiger partial charge in [-0.05, 0) is 51.2 Å². The lowest BCUT2D eigenvalue weighted by molar-refractivity contribution is -0.129. The van der Waals surface area contributed by atoms with Crippen LogP contribution in [0.1, 0.15) is 61.8 Å². The van der Waals surface area contributed by atoms with Crippen molar-refractivity contribution in [3.63, 3.8) is 0 Å². The van der Waals surface area contributed by atoms with Crippen molar-refractivity contribution in [3.8, 4) is 0 Å². The van der Waals surface area contributed by atoms with Gasteiger partial charge in [0.05, 0.1) is 0 Å². The highest BCUT2D eigenvalue weighted by atomic mass is 28.4. The van der Waals surface area contributed by atoms with Gasteiger partial charge >= 0.3 is 6.09 Å². The first-order valence-electron chi connectivity index (χ1n) is 8.93. The van der Waals surface area contributed by atoms with Gasteiger partial charge in [-0.25, -0.2) is 4.79 Å². The third-order valence-electron chi connectivity index (χ3n) is 4.24. The Morgan fingerprint density at radius 2 is 1.56 bits per heavy atom. The van der Waals surface area contributed by atoms with Crippen molar-refractivity contribution in [2.24, 2.45) is 11.7 Å². The molecule has 25 heavy (non-hydrogen) atoms. The number of imide groups is 1. The smallest absolute Gasteiger partial charge is 0.414 e. The summed E-state index contributed by atoms with van der Waals surface area (Å²) in [6.45, 7) is 19.7. The van der Waals surface area contributed by atoms with Crippen LogP contribution in [0.25, 0.3) is 0 Å². The lowest BCUT2D eigenvalue weighted by atomic mass is 10.00. The Labute approximate surface area is 154 Å². The molecule has 0 saturated heterocycles. The first-order chi connectivity index (χ1) is 11.0. The maximum atomic E-state index is 12.7. The van der Waals surface area contributed by atoms with E-state index >= 15 is 0 Å². The number of alkyl carbamates (subject to hydrolysis) is 1. The molecule has 0 aromatic rings. The molecule has 0 aliphatic carbocycles. The summed E-state index contributed by atoms with van der Waals surface area (Å²) in [5, 5.41) is 2.21. The number of hydrogen-bond donors (Lipinski definition) is 2. The fraction of sp³-hybridized carbons (Fsp3) is 0.889. The maximum Gasteiger partial charge on any atom is 0.414 e. The fourth-order valence-corrected chi connectivity index (χ4v) is 3.24. The molecule has 0 aliphatic rings. The maximum absolute atomic E-state index is 12.7. The summed E-state index contributed by atoms with van der Waals surface area (Å²) in [4.78, 5) is 24.6. The molecule has 0 bridgehead atoms. The number of carbonyl (C=O) groups is 2. The van der Waals surface area contributed by atoms with Gasteiger partial charge in [-0.3, -0.25) is 10.1 Å². The molecule has 0 spiro atoms. The van der Waals surface area contributed by atoms with Crippen LogP contribution < -0.4 is 11.1 Å². The largest absolute Gasteiger partial charge is 0.444 e. The van der Waals surface area contributed by atoms with E-state index in [-0.39, 0.29) is 5.04 Å². The number of carbonyl (C=O) groups excluding carboxylic acids is 2. The summed E-state index contributed by atoms with van der Waals surface area (Å²) in [5.41, 5.74) is 5.58. The van der Waals surface area contributed by atoms with E-state index in [0.717, 1.165) is 0 Å². The molecule has 0 aromatic carbocycles. The highest BCUT2D eigenvalue weighted by molar-refractivity contribution is 6.74. The SMILES string of the molecule is CC(C)CC(N)C(O[Si](C)(C)C(C)(C)C)C(=O)NC(=O)OC(C)(C)C. The Balaban J connectivity index is 5.32. The van der Waals surface area contributed by atoms with E-state index in [1.807, 2.05) is 13.8 Å². The quantitative estimate of drug-likeness (QED) is 0.690. The minimum absolute atomic E-state index is 0.0744. The molecule has 6 nitrogen and oxygen atoms in total. The van der Waals surface area contributed by atoms with E-state index in [2.05, 4.69) is 39.2 Å². The van der Waals surface area contributed by atoms with Crippen molar-refractivity contribution in [2.75, 3.05) is 0 Å². The Kier molecular flexibility index (Phi) is 8.32. The van der Waals surface area contributed by atoms with Crippen molar-refractivity contribution in [1.82, 2.24) is 5.32 Å². The van der Waals surface area contributed by atoms with E-state index in [1.54, 1.807) is 20.8 Å². The van der Waals surface area contributed by atoms with Gasteiger partial charge in [0.1, 0.15) is 11.7 Å². The fourth-order valence-electron chi connectivity index (χ4n) is 1.97. The van der Waals surface area contributed by atoms with Crippen LogP contribution >= 0.6 is 0 Å². The summed E-state index contributed by atoms with van der Waals surface area (Å²) in [6, 6.07) is -0.489. The van der Waals surface area contributed by atoms with Gasteiger partial charge in [-0.15, -0.1) is 0 Å². The van der Waals surface area contributed by atoms with E-state index in [0.29, 0.717) is 12.3 Å².